The topological polar surface area (TPSA) is 76.7 Å². The number of carbonyl (C=O) groups excluding carboxylic acids is 1. The molecular formula is C24H22O5. The van der Waals surface area contributed by atoms with Gasteiger partial charge in [-0.2, -0.15) is 0 Å². The number of ketones is 1. The summed E-state index contributed by atoms with van der Waals surface area (Å²) in [6, 6.07) is 10.8. The molecule has 3 aromatic rings. The van der Waals surface area contributed by atoms with Crippen LogP contribution >= 0.6 is 0 Å². The highest BCUT2D eigenvalue weighted by Crippen LogP contribution is 2.48. The third-order valence-corrected chi connectivity index (χ3v) is 5.01. The molecule has 0 amide bonds. The fourth-order valence-electron chi connectivity index (χ4n) is 3.68. The number of phenols is 1. The molecule has 5 nitrogen and oxygen atoms in total. The summed E-state index contributed by atoms with van der Waals surface area (Å²) in [6.07, 6.45) is 4.43. The van der Waals surface area contributed by atoms with E-state index in [9.17, 15) is 14.7 Å². The summed E-state index contributed by atoms with van der Waals surface area (Å²) in [5, 5.41) is 11.5. The standard InChI is InChI=1S/C24H22O5/c1-4-8-17(25)20-21(27)15-11-12-24(2,3)29-22(15)19-16(13-18(26)28-23(19)20)14-9-6-5-7-10-14/h5-7,9-13,27H,4,8H2,1-3H3. The first-order valence-corrected chi connectivity index (χ1v) is 9.66. The number of aromatic hydroxyl groups is 1. The number of Topliss-reactive ketones (excluding diaryl/α,β-unsaturated/α-hetero) is 1. The van der Waals surface area contributed by atoms with Crippen molar-refractivity contribution in [2.45, 2.75) is 39.2 Å². The first-order chi connectivity index (χ1) is 13.8. The lowest BCUT2D eigenvalue weighted by Crippen LogP contribution is -2.28. The Hall–Kier alpha value is -3.34. The molecule has 1 aromatic heterocycles. The molecular weight excluding hydrogens is 368 g/mol. The summed E-state index contributed by atoms with van der Waals surface area (Å²) in [5.41, 5.74) is 0.702. The molecule has 4 rings (SSSR count). The molecule has 0 saturated heterocycles. The van der Waals surface area contributed by atoms with E-state index in [1.807, 2.05) is 57.2 Å². The first-order valence-electron chi connectivity index (χ1n) is 9.66. The molecule has 1 aliphatic rings. The number of ether oxygens (including phenoxy) is 1. The lowest BCUT2D eigenvalue weighted by Gasteiger charge is -2.30. The molecule has 0 bridgehead atoms. The fourth-order valence-corrected chi connectivity index (χ4v) is 3.68. The Labute approximate surface area is 168 Å². The molecule has 2 heterocycles. The van der Waals surface area contributed by atoms with E-state index in [-0.39, 0.29) is 29.1 Å². The summed E-state index contributed by atoms with van der Waals surface area (Å²) in [4.78, 5) is 25.3. The first kappa shape index (κ1) is 19.0. The molecule has 0 unspecified atom stereocenters. The Morgan fingerprint density at radius 2 is 1.90 bits per heavy atom. The van der Waals surface area contributed by atoms with Crippen LogP contribution in [0.1, 0.15) is 49.5 Å². The van der Waals surface area contributed by atoms with Crippen LogP contribution in [0.25, 0.3) is 28.2 Å². The Morgan fingerprint density at radius 3 is 2.59 bits per heavy atom. The van der Waals surface area contributed by atoms with Gasteiger partial charge in [0.25, 0.3) is 0 Å². The number of phenolic OH excluding ortho intramolecular Hbond substituents is 1. The van der Waals surface area contributed by atoms with Crippen LogP contribution in [-0.2, 0) is 0 Å². The van der Waals surface area contributed by atoms with Crippen molar-refractivity contribution >= 4 is 22.8 Å². The molecule has 148 valence electrons. The van der Waals surface area contributed by atoms with Crippen molar-refractivity contribution in [3.63, 3.8) is 0 Å². The second kappa shape index (κ2) is 6.92. The summed E-state index contributed by atoms with van der Waals surface area (Å²) < 4.78 is 11.7. The van der Waals surface area contributed by atoms with Gasteiger partial charge >= 0.3 is 5.63 Å². The summed E-state index contributed by atoms with van der Waals surface area (Å²) in [6.45, 7) is 5.67. The Balaban J connectivity index is 2.20. The van der Waals surface area contributed by atoms with Crippen molar-refractivity contribution < 1.29 is 19.1 Å². The zero-order valence-electron chi connectivity index (χ0n) is 16.6. The average molecular weight is 390 g/mol. The van der Waals surface area contributed by atoms with Gasteiger partial charge in [-0.25, -0.2) is 4.79 Å². The number of rotatable bonds is 4. The number of fused-ring (bicyclic) bond motifs is 3. The van der Waals surface area contributed by atoms with Crippen LogP contribution in [0, 0.1) is 0 Å². The smallest absolute Gasteiger partial charge is 0.336 e. The summed E-state index contributed by atoms with van der Waals surface area (Å²) in [7, 11) is 0. The quantitative estimate of drug-likeness (QED) is 0.481. The molecule has 0 spiro atoms. The molecule has 29 heavy (non-hydrogen) atoms. The minimum absolute atomic E-state index is 0.0310. The Bertz CT molecular complexity index is 1200. The van der Waals surface area contributed by atoms with Gasteiger partial charge in [0.05, 0.1) is 10.9 Å². The molecule has 1 N–H and O–H groups in total. The predicted octanol–water partition coefficient (Wildman–Crippen LogP) is 5.33. The third kappa shape index (κ3) is 3.23. The lowest BCUT2D eigenvalue weighted by atomic mass is 9.91. The minimum Gasteiger partial charge on any atom is -0.506 e. The predicted molar refractivity (Wildman–Crippen MR) is 113 cm³/mol. The van der Waals surface area contributed by atoms with E-state index >= 15 is 0 Å². The molecule has 0 saturated carbocycles. The van der Waals surface area contributed by atoms with Crippen molar-refractivity contribution in [2.75, 3.05) is 0 Å². The molecule has 0 fully saturated rings. The zero-order chi connectivity index (χ0) is 20.8. The van der Waals surface area contributed by atoms with Crippen LogP contribution in [-0.4, -0.2) is 16.5 Å². The second-order valence-electron chi connectivity index (χ2n) is 7.73. The van der Waals surface area contributed by atoms with Crippen molar-refractivity contribution in [2.24, 2.45) is 0 Å². The van der Waals surface area contributed by atoms with Crippen molar-refractivity contribution in [3.05, 3.63) is 64.0 Å². The normalized spacial score (nSPS) is 14.4. The maximum atomic E-state index is 12.9. The van der Waals surface area contributed by atoms with Gasteiger partial charge in [-0.3, -0.25) is 4.79 Å². The molecule has 1 aliphatic heterocycles. The van der Waals surface area contributed by atoms with Crippen molar-refractivity contribution in [1.29, 1.82) is 0 Å². The Morgan fingerprint density at radius 1 is 1.17 bits per heavy atom. The maximum absolute atomic E-state index is 12.9. The average Bonchev–Trinajstić information content (AvgIpc) is 2.67. The van der Waals surface area contributed by atoms with E-state index in [1.165, 1.54) is 6.07 Å². The van der Waals surface area contributed by atoms with Gasteiger partial charge in [-0.15, -0.1) is 0 Å². The molecule has 0 radical (unpaired) electrons. The summed E-state index contributed by atoms with van der Waals surface area (Å²) >= 11 is 0. The monoisotopic (exact) mass is 390 g/mol. The molecule has 2 aromatic carbocycles. The van der Waals surface area contributed by atoms with E-state index < -0.39 is 11.2 Å². The van der Waals surface area contributed by atoms with E-state index in [0.717, 1.165) is 5.56 Å². The lowest BCUT2D eigenvalue weighted by molar-refractivity contribution is 0.0979. The SMILES string of the molecule is CCCC(=O)c1c(O)c2c(c3c(-c4ccccc4)cc(=O)oc13)OC(C)(C)C=C2. The van der Waals surface area contributed by atoms with E-state index in [0.29, 0.717) is 28.7 Å². The van der Waals surface area contributed by atoms with Gasteiger partial charge in [0.2, 0.25) is 0 Å². The van der Waals surface area contributed by atoms with Crippen LogP contribution in [0.3, 0.4) is 0 Å². The molecule has 0 aliphatic carbocycles. The Kier molecular flexibility index (Phi) is 4.53. The highest BCUT2D eigenvalue weighted by Gasteiger charge is 2.32. The zero-order valence-corrected chi connectivity index (χ0v) is 16.6. The van der Waals surface area contributed by atoms with Crippen LogP contribution in [0.2, 0.25) is 0 Å². The van der Waals surface area contributed by atoms with Gasteiger partial charge in [-0.05, 0) is 38.0 Å². The number of benzene rings is 2. The van der Waals surface area contributed by atoms with E-state index in [1.54, 1.807) is 6.08 Å². The van der Waals surface area contributed by atoms with Crippen LogP contribution in [0.4, 0.5) is 0 Å². The van der Waals surface area contributed by atoms with Crippen LogP contribution < -0.4 is 10.4 Å². The number of hydrogen-bond donors (Lipinski definition) is 1. The highest BCUT2D eigenvalue weighted by atomic mass is 16.5. The summed E-state index contributed by atoms with van der Waals surface area (Å²) in [5.74, 6) is -0.0869. The fraction of sp³-hybridized carbons (Fsp3) is 0.250. The van der Waals surface area contributed by atoms with Crippen molar-refractivity contribution in [3.8, 4) is 22.6 Å². The van der Waals surface area contributed by atoms with Gasteiger partial charge in [0, 0.05) is 18.1 Å². The number of carbonyl (C=O) groups is 1. The molecule has 5 heteroatoms. The van der Waals surface area contributed by atoms with Gasteiger partial charge in [0.1, 0.15) is 22.7 Å². The van der Waals surface area contributed by atoms with E-state index in [2.05, 4.69) is 0 Å². The van der Waals surface area contributed by atoms with E-state index in [4.69, 9.17) is 9.15 Å². The highest BCUT2D eigenvalue weighted by molar-refractivity contribution is 6.14. The minimum atomic E-state index is -0.620. The van der Waals surface area contributed by atoms with Crippen LogP contribution in [0.5, 0.6) is 11.5 Å². The van der Waals surface area contributed by atoms with Gasteiger partial charge in [0.15, 0.2) is 11.4 Å². The molecule has 0 atom stereocenters. The largest absolute Gasteiger partial charge is 0.506 e. The van der Waals surface area contributed by atoms with Gasteiger partial charge in [-0.1, -0.05) is 37.3 Å². The number of hydrogen-bond acceptors (Lipinski definition) is 5. The van der Waals surface area contributed by atoms with Gasteiger partial charge < -0.3 is 14.3 Å². The second-order valence-corrected chi connectivity index (χ2v) is 7.73. The third-order valence-electron chi connectivity index (χ3n) is 5.01. The van der Waals surface area contributed by atoms with Crippen molar-refractivity contribution in [1.82, 2.24) is 0 Å². The van der Waals surface area contributed by atoms with Crippen LogP contribution in [0.15, 0.2) is 51.7 Å². The maximum Gasteiger partial charge on any atom is 0.336 e.